The zero-order valence-electron chi connectivity index (χ0n) is 8.49. The van der Waals surface area contributed by atoms with E-state index in [1.165, 1.54) is 24.3 Å². The summed E-state index contributed by atoms with van der Waals surface area (Å²) in [5.74, 6) is -0.153. The fraction of sp³-hybridized carbons (Fsp3) is 0.400. The lowest BCUT2D eigenvalue weighted by atomic mass is 10.1. The van der Waals surface area contributed by atoms with Crippen LogP contribution in [-0.4, -0.2) is 27.7 Å². The molecule has 0 aliphatic heterocycles. The van der Waals surface area contributed by atoms with Crippen molar-refractivity contribution in [1.82, 2.24) is 0 Å². The van der Waals surface area contributed by atoms with E-state index in [0.29, 0.717) is 5.56 Å². The molecule has 0 saturated heterocycles. The molecule has 0 aliphatic rings. The van der Waals surface area contributed by atoms with Crippen LogP contribution < -0.4 is 0 Å². The van der Waals surface area contributed by atoms with Crippen LogP contribution in [0, 0.1) is 0 Å². The number of alkyl halides is 4. The summed E-state index contributed by atoms with van der Waals surface area (Å²) in [6.45, 7) is 0. The van der Waals surface area contributed by atoms with Gasteiger partial charge in [0.05, 0.1) is 12.0 Å². The van der Waals surface area contributed by atoms with Crippen molar-refractivity contribution in [2.24, 2.45) is 0 Å². The first-order valence-electron chi connectivity index (χ1n) is 4.61. The van der Waals surface area contributed by atoms with Gasteiger partial charge in [-0.05, 0) is 29.5 Å². The molecule has 0 aliphatic carbocycles. The quantitative estimate of drug-likeness (QED) is 0.660. The maximum absolute atomic E-state index is 12.0. The van der Waals surface area contributed by atoms with E-state index >= 15 is 0 Å². The highest BCUT2D eigenvalue weighted by molar-refractivity contribution is 8.00. The number of aliphatic hydroxyl groups excluding tert-OH is 2. The van der Waals surface area contributed by atoms with Gasteiger partial charge in [-0.25, -0.2) is 0 Å². The predicted octanol–water partition coefficient (Wildman–Crippen LogP) is 2.93. The molecule has 7 heteroatoms. The van der Waals surface area contributed by atoms with Crippen LogP contribution >= 0.6 is 23.4 Å². The summed E-state index contributed by atoms with van der Waals surface area (Å²) in [6, 6.07) is 5.12. The largest absolute Gasteiger partial charge is 0.446 e. The standard InChI is InChI=1S/C10H10ClF3O2S/c11-5-8(15)9(16)6-1-3-7(4-2-6)17-10(12,13)14/h1-4,8-9,15-16H,5H2. The Morgan fingerprint density at radius 1 is 1.18 bits per heavy atom. The molecular formula is C10H10ClF3O2S. The molecule has 2 unspecified atom stereocenters. The predicted molar refractivity (Wildman–Crippen MR) is 60.0 cm³/mol. The van der Waals surface area contributed by atoms with E-state index in [-0.39, 0.29) is 22.5 Å². The molecule has 1 aromatic rings. The number of halogens is 4. The number of hydrogen-bond acceptors (Lipinski definition) is 3. The number of rotatable bonds is 4. The van der Waals surface area contributed by atoms with Crippen molar-refractivity contribution in [3.8, 4) is 0 Å². The molecule has 0 aromatic heterocycles. The minimum absolute atomic E-state index is 0.0220. The lowest BCUT2D eigenvalue weighted by molar-refractivity contribution is -0.0328. The number of benzene rings is 1. The SMILES string of the molecule is OC(CCl)C(O)c1ccc(SC(F)(F)F)cc1. The minimum atomic E-state index is -4.34. The van der Waals surface area contributed by atoms with E-state index in [1.54, 1.807) is 0 Å². The fourth-order valence-electron chi connectivity index (χ4n) is 1.17. The molecule has 1 aromatic carbocycles. The zero-order chi connectivity index (χ0) is 13.1. The molecule has 0 fully saturated rings. The van der Waals surface area contributed by atoms with E-state index in [4.69, 9.17) is 11.6 Å². The van der Waals surface area contributed by atoms with Crippen molar-refractivity contribution in [1.29, 1.82) is 0 Å². The third-order valence-electron chi connectivity index (χ3n) is 1.98. The van der Waals surface area contributed by atoms with Crippen LogP contribution in [0.25, 0.3) is 0 Å². The lowest BCUT2D eigenvalue weighted by Crippen LogP contribution is -2.19. The van der Waals surface area contributed by atoms with Gasteiger partial charge in [-0.3, -0.25) is 0 Å². The molecule has 0 amide bonds. The van der Waals surface area contributed by atoms with Crippen molar-refractivity contribution in [3.05, 3.63) is 29.8 Å². The maximum Gasteiger partial charge on any atom is 0.446 e. The first-order valence-corrected chi connectivity index (χ1v) is 5.96. The molecule has 0 radical (unpaired) electrons. The second-order valence-corrected chi connectivity index (χ2v) is 4.73. The smallest absolute Gasteiger partial charge is 0.389 e. The van der Waals surface area contributed by atoms with Crippen LogP contribution in [0.2, 0.25) is 0 Å². The summed E-state index contributed by atoms with van der Waals surface area (Å²) in [7, 11) is 0. The van der Waals surface area contributed by atoms with E-state index in [2.05, 4.69) is 0 Å². The Hall–Kier alpha value is -0.430. The van der Waals surface area contributed by atoms with Gasteiger partial charge in [-0.1, -0.05) is 12.1 Å². The molecule has 0 saturated carbocycles. The molecule has 0 heterocycles. The van der Waals surface area contributed by atoms with Crippen LogP contribution in [0.1, 0.15) is 11.7 Å². The van der Waals surface area contributed by atoms with Crippen molar-refractivity contribution in [2.45, 2.75) is 22.6 Å². The third kappa shape index (κ3) is 4.75. The second kappa shape index (κ2) is 5.95. The second-order valence-electron chi connectivity index (χ2n) is 3.28. The molecule has 1 rings (SSSR count). The molecule has 0 spiro atoms. The number of hydrogen-bond donors (Lipinski definition) is 2. The summed E-state index contributed by atoms with van der Waals surface area (Å²) >= 11 is 5.12. The molecule has 17 heavy (non-hydrogen) atoms. The van der Waals surface area contributed by atoms with E-state index in [1.807, 2.05) is 0 Å². The van der Waals surface area contributed by atoms with Crippen LogP contribution in [0.4, 0.5) is 13.2 Å². The highest BCUT2D eigenvalue weighted by atomic mass is 35.5. The van der Waals surface area contributed by atoms with E-state index in [0.717, 1.165) is 0 Å². The van der Waals surface area contributed by atoms with Gasteiger partial charge >= 0.3 is 5.51 Å². The summed E-state index contributed by atoms with van der Waals surface area (Å²) in [5, 5.41) is 18.8. The van der Waals surface area contributed by atoms with Crippen LogP contribution in [0.15, 0.2) is 29.2 Å². The fourth-order valence-corrected chi connectivity index (χ4v) is 1.88. The van der Waals surface area contributed by atoms with Gasteiger partial charge in [0.25, 0.3) is 0 Å². The Morgan fingerprint density at radius 2 is 1.71 bits per heavy atom. The normalized spacial score (nSPS) is 15.6. The molecule has 2 N–H and O–H groups in total. The van der Waals surface area contributed by atoms with Gasteiger partial charge in [-0.2, -0.15) is 13.2 Å². The van der Waals surface area contributed by atoms with Crippen molar-refractivity contribution in [3.63, 3.8) is 0 Å². The van der Waals surface area contributed by atoms with Crippen molar-refractivity contribution >= 4 is 23.4 Å². The monoisotopic (exact) mass is 286 g/mol. The summed E-state index contributed by atoms with van der Waals surface area (Å²) in [5.41, 5.74) is -4.01. The van der Waals surface area contributed by atoms with Crippen LogP contribution in [0.3, 0.4) is 0 Å². The summed E-state index contributed by atoms with van der Waals surface area (Å²) < 4.78 is 36.1. The molecule has 0 bridgehead atoms. The van der Waals surface area contributed by atoms with E-state index in [9.17, 15) is 23.4 Å². The summed E-state index contributed by atoms with van der Waals surface area (Å²) in [4.78, 5) is 0.0220. The Labute approximate surface area is 105 Å². The van der Waals surface area contributed by atoms with Gasteiger partial charge in [0, 0.05) is 4.90 Å². The topological polar surface area (TPSA) is 40.5 Å². The molecule has 96 valence electrons. The van der Waals surface area contributed by atoms with Crippen molar-refractivity contribution in [2.75, 3.05) is 5.88 Å². The van der Waals surface area contributed by atoms with Gasteiger partial charge < -0.3 is 10.2 Å². The van der Waals surface area contributed by atoms with Gasteiger partial charge in [0.2, 0.25) is 0 Å². The summed E-state index contributed by atoms with van der Waals surface area (Å²) in [6.07, 6.45) is -2.34. The molecule has 2 atom stereocenters. The van der Waals surface area contributed by atoms with Crippen LogP contribution in [0.5, 0.6) is 0 Å². The first kappa shape index (κ1) is 14.6. The lowest BCUT2D eigenvalue weighted by Gasteiger charge is -2.16. The van der Waals surface area contributed by atoms with Gasteiger partial charge in [-0.15, -0.1) is 11.6 Å². The van der Waals surface area contributed by atoms with Gasteiger partial charge in [0.1, 0.15) is 6.10 Å². The van der Waals surface area contributed by atoms with Crippen molar-refractivity contribution < 1.29 is 23.4 Å². The minimum Gasteiger partial charge on any atom is -0.389 e. The average Bonchev–Trinajstić information content (AvgIpc) is 2.26. The van der Waals surface area contributed by atoms with Crippen LogP contribution in [-0.2, 0) is 0 Å². The Bertz CT molecular complexity index is 356. The maximum atomic E-state index is 12.0. The third-order valence-corrected chi connectivity index (χ3v) is 3.03. The highest BCUT2D eigenvalue weighted by Gasteiger charge is 2.29. The number of aliphatic hydroxyl groups is 2. The Kier molecular flexibility index (Phi) is 5.12. The highest BCUT2D eigenvalue weighted by Crippen LogP contribution is 2.37. The Balaban J connectivity index is 2.74. The molecular weight excluding hydrogens is 277 g/mol. The first-order chi connectivity index (χ1) is 7.83. The average molecular weight is 287 g/mol. The Morgan fingerprint density at radius 3 is 2.12 bits per heavy atom. The van der Waals surface area contributed by atoms with E-state index < -0.39 is 17.7 Å². The number of thioether (sulfide) groups is 1. The molecule has 2 nitrogen and oxygen atoms in total. The van der Waals surface area contributed by atoms with Gasteiger partial charge in [0.15, 0.2) is 0 Å². The zero-order valence-corrected chi connectivity index (χ0v) is 10.1.